The molecule has 0 radical (unpaired) electrons. The monoisotopic (exact) mass is 288 g/mol. The summed E-state index contributed by atoms with van der Waals surface area (Å²) in [6.07, 6.45) is 1.64. The molecular weight excluding hydrogens is 260 g/mol. The van der Waals surface area contributed by atoms with Crippen LogP contribution in [0.2, 0.25) is 0 Å². The van der Waals surface area contributed by atoms with Crippen LogP contribution < -0.4 is 5.32 Å². The fourth-order valence-corrected chi connectivity index (χ4v) is 2.85. The van der Waals surface area contributed by atoms with Gasteiger partial charge in [-0.25, -0.2) is 0 Å². The maximum absolute atomic E-state index is 12.2. The lowest BCUT2D eigenvalue weighted by molar-refractivity contribution is -0.132. The quantitative estimate of drug-likeness (QED) is 0.903. The summed E-state index contributed by atoms with van der Waals surface area (Å²) in [7, 11) is 0. The highest BCUT2D eigenvalue weighted by Crippen LogP contribution is 2.18. The van der Waals surface area contributed by atoms with Gasteiger partial charge in [-0.15, -0.1) is 0 Å². The minimum atomic E-state index is 0.308. The van der Waals surface area contributed by atoms with Gasteiger partial charge in [0.2, 0.25) is 5.91 Å². The van der Waals surface area contributed by atoms with Gasteiger partial charge in [-0.2, -0.15) is 0 Å². The number of carbonyl (C=O) groups is 1. The van der Waals surface area contributed by atoms with Gasteiger partial charge in [0.25, 0.3) is 0 Å². The van der Waals surface area contributed by atoms with Crippen molar-refractivity contribution < 1.29 is 4.79 Å². The second kappa shape index (κ2) is 7.60. The molecular formula is C18H28N2O. The molecule has 3 nitrogen and oxygen atoms in total. The average Bonchev–Trinajstić information content (AvgIpc) is 2.48. The van der Waals surface area contributed by atoms with Crippen molar-refractivity contribution in [3.8, 4) is 0 Å². The summed E-state index contributed by atoms with van der Waals surface area (Å²) in [6.45, 7) is 10.2. The molecule has 1 aliphatic heterocycles. The molecule has 1 unspecified atom stereocenters. The van der Waals surface area contributed by atoms with Crippen LogP contribution in [0.25, 0.3) is 0 Å². The molecule has 116 valence electrons. The van der Waals surface area contributed by atoms with Gasteiger partial charge in [-0.3, -0.25) is 4.79 Å². The summed E-state index contributed by atoms with van der Waals surface area (Å²) in [6, 6.07) is 8.85. The van der Waals surface area contributed by atoms with Gasteiger partial charge in [-0.05, 0) is 29.4 Å². The van der Waals surface area contributed by atoms with Gasteiger partial charge in [0, 0.05) is 32.6 Å². The number of hydrogen-bond donors (Lipinski definition) is 1. The van der Waals surface area contributed by atoms with E-state index in [1.165, 1.54) is 11.1 Å². The van der Waals surface area contributed by atoms with E-state index in [0.29, 0.717) is 24.2 Å². The van der Waals surface area contributed by atoms with Crippen molar-refractivity contribution in [3.63, 3.8) is 0 Å². The number of carbonyl (C=O) groups excluding carboxylic acids is 1. The predicted molar refractivity (Wildman–Crippen MR) is 87.5 cm³/mol. The van der Waals surface area contributed by atoms with E-state index in [-0.39, 0.29) is 0 Å². The highest BCUT2D eigenvalue weighted by Gasteiger charge is 2.18. The van der Waals surface area contributed by atoms with Gasteiger partial charge in [0.15, 0.2) is 0 Å². The molecule has 1 aromatic carbocycles. The summed E-state index contributed by atoms with van der Waals surface area (Å²) >= 11 is 0. The third-order valence-corrected chi connectivity index (χ3v) is 4.22. The van der Waals surface area contributed by atoms with Gasteiger partial charge < -0.3 is 10.2 Å². The maximum atomic E-state index is 12.2. The van der Waals surface area contributed by atoms with Crippen LogP contribution >= 0.6 is 0 Å². The fraction of sp³-hybridized carbons (Fsp3) is 0.611. The van der Waals surface area contributed by atoms with Crippen molar-refractivity contribution in [2.24, 2.45) is 5.92 Å². The van der Waals surface area contributed by atoms with Crippen molar-refractivity contribution in [2.75, 3.05) is 26.2 Å². The van der Waals surface area contributed by atoms with E-state index in [1.807, 2.05) is 4.90 Å². The molecule has 1 aliphatic rings. The molecule has 21 heavy (non-hydrogen) atoms. The number of benzene rings is 1. The van der Waals surface area contributed by atoms with E-state index < -0.39 is 0 Å². The Kier molecular flexibility index (Phi) is 5.80. The normalized spacial score (nSPS) is 17.0. The third-order valence-electron chi connectivity index (χ3n) is 4.22. The van der Waals surface area contributed by atoms with Crippen molar-refractivity contribution >= 4 is 5.91 Å². The Morgan fingerprint density at radius 3 is 2.33 bits per heavy atom. The van der Waals surface area contributed by atoms with E-state index in [4.69, 9.17) is 0 Å². The number of rotatable bonds is 5. The number of nitrogens with one attached hydrogen (secondary N) is 1. The van der Waals surface area contributed by atoms with Crippen LogP contribution in [0.1, 0.15) is 44.2 Å². The lowest BCUT2D eigenvalue weighted by Gasteiger charge is -2.28. The fourth-order valence-electron chi connectivity index (χ4n) is 2.85. The second-order valence-corrected chi connectivity index (χ2v) is 6.54. The molecule has 1 amide bonds. The molecule has 0 bridgehead atoms. The Hall–Kier alpha value is -1.35. The van der Waals surface area contributed by atoms with Gasteiger partial charge in [0.05, 0.1) is 0 Å². The molecule has 1 heterocycles. The van der Waals surface area contributed by atoms with E-state index >= 15 is 0 Å². The van der Waals surface area contributed by atoms with Crippen LogP contribution in [0, 0.1) is 5.92 Å². The molecule has 1 N–H and O–H groups in total. The van der Waals surface area contributed by atoms with E-state index in [1.54, 1.807) is 0 Å². The SMILES string of the molecule is CC(CC(=O)N1CCNCC1)Cc1ccc(C(C)C)cc1. The molecule has 0 aromatic heterocycles. The first-order valence-electron chi connectivity index (χ1n) is 8.13. The van der Waals surface area contributed by atoms with Crippen LogP contribution in [-0.2, 0) is 11.2 Å². The Balaban J connectivity index is 1.83. The summed E-state index contributed by atoms with van der Waals surface area (Å²) in [5.41, 5.74) is 2.71. The summed E-state index contributed by atoms with van der Waals surface area (Å²) in [5.74, 6) is 1.28. The second-order valence-electron chi connectivity index (χ2n) is 6.54. The van der Waals surface area contributed by atoms with E-state index in [0.717, 1.165) is 32.6 Å². The first-order chi connectivity index (χ1) is 10.1. The minimum Gasteiger partial charge on any atom is -0.340 e. The van der Waals surface area contributed by atoms with Crippen LogP contribution in [0.5, 0.6) is 0 Å². The zero-order valence-electron chi connectivity index (χ0n) is 13.6. The third kappa shape index (κ3) is 4.85. The molecule has 0 spiro atoms. The number of nitrogens with zero attached hydrogens (tertiary/aromatic N) is 1. The van der Waals surface area contributed by atoms with Crippen molar-refractivity contribution in [3.05, 3.63) is 35.4 Å². The smallest absolute Gasteiger partial charge is 0.222 e. The molecule has 3 heteroatoms. The highest BCUT2D eigenvalue weighted by molar-refractivity contribution is 5.76. The lowest BCUT2D eigenvalue weighted by atomic mass is 9.95. The first-order valence-corrected chi connectivity index (χ1v) is 8.13. The van der Waals surface area contributed by atoms with Crippen LogP contribution in [-0.4, -0.2) is 37.0 Å². The Bertz CT molecular complexity index is 447. The highest BCUT2D eigenvalue weighted by atomic mass is 16.2. The van der Waals surface area contributed by atoms with Gasteiger partial charge >= 0.3 is 0 Å². The summed E-state index contributed by atoms with van der Waals surface area (Å²) < 4.78 is 0. The summed E-state index contributed by atoms with van der Waals surface area (Å²) in [4.78, 5) is 14.2. The lowest BCUT2D eigenvalue weighted by Crippen LogP contribution is -2.46. The largest absolute Gasteiger partial charge is 0.340 e. The van der Waals surface area contributed by atoms with Gasteiger partial charge in [0.1, 0.15) is 0 Å². The van der Waals surface area contributed by atoms with E-state index in [2.05, 4.69) is 50.4 Å². The van der Waals surface area contributed by atoms with E-state index in [9.17, 15) is 4.79 Å². The number of amides is 1. The molecule has 1 atom stereocenters. The van der Waals surface area contributed by atoms with Crippen molar-refractivity contribution in [1.82, 2.24) is 10.2 Å². The van der Waals surface area contributed by atoms with Gasteiger partial charge in [-0.1, -0.05) is 45.0 Å². The molecule has 1 aromatic rings. The first kappa shape index (κ1) is 16.0. The van der Waals surface area contributed by atoms with Crippen molar-refractivity contribution in [2.45, 2.75) is 39.5 Å². The Morgan fingerprint density at radius 2 is 1.76 bits per heavy atom. The predicted octanol–water partition coefficient (Wildman–Crippen LogP) is 2.81. The summed E-state index contributed by atoms with van der Waals surface area (Å²) in [5, 5.41) is 3.28. The standard InChI is InChI=1S/C18H28N2O/c1-14(2)17-6-4-16(5-7-17)12-15(3)13-18(21)20-10-8-19-9-11-20/h4-7,14-15,19H,8-13H2,1-3H3. The van der Waals surface area contributed by atoms with Crippen LogP contribution in [0.4, 0.5) is 0 Å². The molecule has 0 aliphatic carbocycles. The molecule has 0 saturated carbocycles. The molecule has 1 saturated heterocycles. The average molecular weight is 288 g/mol. The van der Waals surface area contributed by atoms with Crippen LogP contribution in [0.15, 0.2) is 24.3 Å². The van der Waals surface area contributed by atoms with Crippen molar-refractivity contribution in [1.29, 1.82) is 0 Å². The topological polar surface area (TPSA) is 32.3 Å². The Labute approximate surface area is 128 Å². The van der Waals surface area contributed by atoms with Crippen LogP contribution in [0.3, 0.4) is 0 Å². The molecule has 2 rings (SSSR count). The zero-order valence-corrected chi connectivity index (χ0v) is 13.6. The number of hydrogen-bond acceptors (Lipinski definition) is 2. The Morgan fingerprint density at radius 1 is 1.14 bits per heavy atom. The molecule has 1 fully saturated rings. The zero-order chi connectivity index (χ0) is 15.2. The number of piperazine rings is 1. The minimum absolute atomic E-state index is 0.308. The maximum Gasteiger partial charge on any atom is 0.222 e.